The average molecular weight is 248 g/mol. The molecule has 0 bridgehead atoms. The number of carbonyl (C=O) groups is 1. The van der Waals surface area contributed by atoms with Crippen molar-refractivity contribution >= 4 is 11.6 Å². The first-order valence-electron chi connectivity index (χ1n) is 5.25. The van der Waals surface area contributed by atoms with Gasteiger partial charge >= 0.3 is 0 Å². The van der Waals surface area contributed by atoms with Gasteiger partial charge in [0.2, 0.25) is 0 Å². The number of amides is 1. The predicted octanol–water partition coefficient (Wildman–Crippen LogP) is 2.92. The van der Waals surface area contributed by atoms with Gasteiger partial charge in [0.15, 0.2) is 0 Å². The van der Waals surface area contributed by atoms with Gasteiger partial charge < -0.3 is 5.32 Å². The monoisotopic (exact) mass is 248 g/mol. The minimum atomic E-state index is -0.815. The van der Waals surface area contributed by atoms with Gasteiger partial charge in [-0.3, -0.25) is 9.78 Å². The van der Waals surface area contributed by atoms with Crippen LogP contribution < -0.4 is 5.32 Å². The SMILES string of the molecule is Cc1ccncc1C(=O)Nc1ccc(F)cc1F. The van der Waals surface area contributed by atoms with E-state index >= 15 is 0 Å². The van der Waals surface area contributed by atoms with Gasteiger partial charge in [-0.25, -0.2) is 8.78 Å². The summed E-state index contributed by atoms with van der Waals surface area (Å²) in [6, 6.07) is 4.64. The highest BCUT2D eigenvalue weighted by molar-refractivity contribution is 6.05. The number of hydrogen-bond acceptors (Lipinski definition) is 2. The van der Waals surface area contributed by atoms with E-state index in [0.29, 0.717) is 11.6 Å². The summed E-state index contributed by atoms with van der Waals surface area (Å²) in [5.41, 5.74) is 1.01. The average Bonchev–Trinajstić information content (AvgIpc) is 2.33. The van der Waals surface area contributed by atoms with Crippen LogP contribution in [0.2, 0.25) is 0 Å². The second-order valence-electron chi connectivity index (χ2n) is 3.77. The highest BCUT2D eigenvalue weighted by atomic mass is 19.1. The lowest BCUT2D eigenvalue weighted by Gasteiger charge is -2.07. The number of carbonyl (C=O) groups excluding carboxylic acids is 1. The van der Waals surface area contributed by atoms with Gasteiger partial charge in [0.05, 0.1) is 11.3 Å². The largest absolute Gasteiger partial charge is 0.319 e. The van der Waals surface area contributed by atoms with Crippen molar-refractivity contribution in [2.45, 2.75) is 6.92 Å². The smallest absolute Gasteiger partial charge is 0.257 e. The molecular formula is C13H10F2N2O. The van der Waals surface area contributed by atoms with Gasteiger partial charge in [-0.1, -0.05) is 0 Å². The van der Waals surface area contributed by atoms with E-state index in [1.807, 2.05) is 0 Å². The quantitative estimate of drug-likeness (QED) is 0.887. The molecule has 3 nitrogen and oxygen atoms in total. The number of halogens is 2. The minimum absolute atomic E-state index is 0.0651. The topological polar surface area (TPSA) is 42.0 Å². The Kier molecular flexibility index (Phi) is 3.32. The number of nitrogens with zero attached hydrogens (tertiary/aromatic N) is 1. The molecule has 0 aliphatic heterocycles. The highest BCUT2D eigenvalue weighted by Gasteiger charge is 2.11. The summed E-state index contributed by atoms with van der Waals surface area (Å²) < 4.78 is 26.1. The van der Waals surface area contributed by atoms with Crippen molar-refractivity contribution in [1.82, 2.24) is 4.98 Å². The molecule has 0 aliphatic carbocycles. The lowest BCUT2D eigenvalue weighted by atomic mass is 10.1. The number of nitrogens with one attached hydrogen (secondary N) is 1. The van der Waals surface area contributed by atoms with Gasteiger partial charge in [-0.2, -0.15) is 0 Å². The minimum Gasteiger partial charge on any atom is -0.319 e. The summed E-state index contributed by atoms with van der Waals surface area (Å²) in [5, 5.41) is 2.37. The van der Waals surface area contributed by atoms with Crippen molar-refractivity contribution in [3.63, 3.8) is 0 Å². The van der Waals surface area contributed by atoms with Crippen LogP contribution in [0.4, 0.5) is 14.5 Å². The number of hydrogen-bond donors (Lipinski definition) is 1. The molecule has 1 aromatic carbocycles. The standard InChI is InChI=1S/C13H10F2N2O/c1-8-4-5-16-7-10(8)13(18)17-12-3-2-9(14)6-11(12)15/h2-7H,1H3,(H,17,18). The fraction of sp³-hybridized carbons (Fsp3) is 0.0769. The van der Waals surface area contributed by atoms with E-state index in [-0.39, 0.29) is 5.69 Å². The molecule has 1 amide bonds. The molecule has 92 valence electrons. The van der Waals surface area contributed by atoms with Crippen LogP contribution in [0.1, 0.15) is 15.9 Å². The molecule has 0 atom stereocenters. The molecular weight excluding hydrogens is 238 g/mol. The molecule has 0 radical (unpaired) electrons. The molecule has 2 aromatic rings. The number of pyridine rings is 1. The van der Waals surface area contributed by atoms with Crippen molar-refractivity contribution in [2.24, 2.45) is 0 Å². The van der Waals surface area contributed by atoms with E-state index < -0.39 is 17.5 Å². The Bertz CT molecular complexity index is 599. The van der Waals surface area contributed by atoms with Gasteiger partial charge in [-0.15, -0.1) is 0 Å². The molecule has 0 fully saturated rings. The lowest BCUT2D eigenvalue weighted by Crippen LogP contribution is -2.14. The number of aromatic nitrogens is 1. The summed E-state index contributed by atoms with van der Waals surface area (Å²) in [6.45, 7) is 1.75. The zero-order valence-electron chi connectivity index (χ0n) is 9.58. The van der Waals surface area contributed by atoms with Gasteiger partial charge in [0.1, 0.15) is 11.6 Å². The van der Waals surface area contributed by atoms with Gasteiger partial charge in [-0.05, 0) is 30.7 Å². The number of aryl methyl sites for hydroxylation is 1. The summed E-state index contributed by atoms with van der Waals surface area (Å²) >= 11 is 0. The van der Waals surface area contributed by atoms with Gasteiger partial charge in [0.25, 0.3) is 5.91 Å². The zero-order chi connectivity index (χ0) is 13.1. The van der Waals surface area contributed by atoms with Crippen LogP contribution in [0.25, 0.3) is 0 Å². The molecule has 0 saturated carbocycles. The highest BCUT2D eigenvalue weighted by Crippen LogP contribution is 2.16. The van der Waals surface area contributed by atoms with E-state index in [1.54, 1.807) is 19.2 Å². The van der Waals surface area contributed by atoms with E-state index in [1.165, 1.54) is 12.3 Å². The fourth-order valence-corrected chi connectivity index (χ4v) is 1.48. The molecule has 5 heteroatoms. The Morgan fingerprint density at radius 3 is 2.72 bits per heavy atom. The molecule has 0 aliphatic rings. The normalized spacial score (nSPS) is 10.2. The van der Waals surface area contributed by atoms with Crippen molar-refractivity contribution in [2.75, 3.05) is 5.32 Å². The maximum atomic E-state index is 13.4. The number of anilines is 1. The summed E-state index contributed by atoms with van der Waals surface area (Å²) in [6.07, 6.45) is 2.96. The van der Waals surface area contributed by atoms with Crippen LogP contribution in [0, 0.1) is 18.6 Å². The first kappa shape index (κ1) is 12.2. The summed E-state index contributed by atoms with van der Waals surface area (Å²) in [7, 11) is 0. The predicted molar refractivity (Wildman–Crippen MR) is 63.3 cm³/mol. The third-order valence-electron chi connectivity index (χ3n) is 2.46. The third kappa shape index (κ3) is 2.51. The fourth-order valence-electron chi connectivity index (χ4n) is 1.48. The van der Waals surface area contributed by atoms with Crippen LogP contribution in [0.3, 0.4) is 0 Å². The first-order valence-corrected chi connectivity index (χ1v) is 5.25. The van der Waals surface area contributed by atoms with E-state index in [0.717, 1.165) is 11.6 Å². The van der Waals surface area contributed by atoms with Gasteiger partial charge in [0, 0.05) is 18.5 Å². The molecule has 1 aromatic heterocycles. The summed E-state index contributed by atoms with van der Waals surface area (Å²) in [4.78, 5) is 15.7. The molecule has 2 rings (SSSR count). The first-order chi connectivity index (χ1) is 8.58. The zero-order valence-corrected chi connectivity index (χ0v) is 9.58. The van der Waals surface area contributed by atoms with Crippen molar-refractivity contribution in [3.05, 3.63) is 59.4 Å². The number of rotatable bonds is 2. The Labute approximate surface area is 102 Å². The molecule has 0 saturated heterocycles. The van der Waals surface area contributed by atoms with Crippen molar-refractivity contribution in [1.29, 1.82) is 0 Å². The van der Waals surface area contributed by atoms with Crippen molar-refractivity contribution in [3.8, 4) is 0 Å². The molecule has 18 heavy (non-hydrogen) atoms. The second kappa shape index (κ2) is 4.91. The molecule has 1 N–H and O–H groups in total. The van der Waals surface area contributed by atoms with E-state index in [9.17, 15) is 13.6 Å². The second-order valence-corrected chi connectivity index (χ2v) is 3.77. The summed E-state index contributed by atoms with van der Waals surface area (Å²) in [5.74, 6) is -1.99. The van der Waals surface area contributed by atoms with E-state index in [4.69, 9.17) is 0 Å². The van der Waals surface area contributed by atoms with Crippen LogP contribution in [-0.4, -0.2) is 10.9 Å². The Hall–Kier alpha value is -2.30. The third-order valence-corrected chi connectivity index (χ3v) is 2.46. The number of benzene rings is 1. The Morgan fingerprint density at radius 2 is 2.06 bits per heavy atom. The van der Waals surface area contributed by atoms with Crippen LogP contribution >= 0.6 is 0 Å². The lowest BCUT2D eigenvalue weighted by molar-refractivity contribution is 0.102. The van der Waals surface area contributed by atoms with Crippen LogP contribution in [-0.2, 0) is 0 Å². The molecule has 1 heterocycles. The van der Waals surface area contributed by atoms with E-state index in [2.05, 4.69) is 10.3 Å². The van der Waals surface area contributed by atoms with Crippen molar-refractivity contribution < 1.29 is 13.6 Å². The Balaban J connectivity index is 2.24. The maximum absolute atomic E-state index is 13.4. The van der Waals surface area contributed by atoms with Crippen LogP contribution in [0.5, 0.6) is 0 Å². The maximum Gasteiger partial charge on any atom is 0.257 e. The molecule has 0 unspecified atom stereocenters. The molecule has 0 spiro atoms. The Morgan fingerprint density at radius 1 is 1.28 bits per heavy atom. The van der Waals surface area contributed by atoms with Crippen LogP contribution in [0.15, 0.2) is 36.7 Å².